The van der Waals surface area contributed by atoms with E-state index in [-0.39, 0.29) is 0 Å². The molecule has 0 aliphatic rings. The number of aromatic nitrogens is 1. The van der Waals surface area contributed by atoms with Crippen molar-refractivity contribution in [3.05, 3.63) is 29.6 Å². The van der Waals surface area contributed by atoms with E-state index in [4.69, 9.17) is 0 Å². The van der Waals surface area contributed by atoms with Gasteiger partial charge >= 0.3 is 0 Å². The molecule has 2 nitrogen and oxygen atoms in total. The fourth-order valence-corrected chi connectivity index (χ4v) is 1.10. The van der Waals surface area contributed by atoms with Crippen molar-refractivity contribution in [2.24, 2.45) is 0 Å². The molecule has 0 radical (unpaired) electrons. The Morgan fingerprint density at radius 3 is 2.64 bits per heavy atom. The van der Waals surface area contributed by atoms with Crippen LogP contribution in [0.3, 0.4) is 0 Å². The number of rotatable bonds is 2. The van der Waals surface area contributed by atoms with Crippen molar-refractivity contribution in [1.29, 1.82) is 0 Å². The number of allylic oxidation sites excluding steroid dienone is 1. The quantitative estimate of drug-likeness (QED) is 0.662. The van der Waals surface area contributed by atoms with Gasteiger partial charge in [-0.15, -0.1) is 0 Å². The Bertz CT molecular complexity index is 258. The molecule has 0 saturated carbocycles. The van der Waals surface area contributed by atoms with E-state index in [1.165, 1.54) is 5.69 Å². The molecule has 0 aliphatic heterocycles. The van der Waals surface area contributed by atoms with Gasteiger partial charge in [0.05, 0.1) is 11.4 Å². The first-order valence-electron chi connectivity index (χ1n) is 3.78. The third kappa shape index (κ3) is 1.64. The SMILES string of the molecule is C/C=C(\NC)c1ccc(C)[nH]1. The Kier molecular flexibility index (Phi) is 2.36. The van der Waals surface area contributed by atoms with Crippen LogP contribution in [0.4, 0.5) is 0 Å². The van der Waals surface area contributed by atoms with Crippen LogP contribution in [0.5, 0.6) is 0 Å². The van der Waals surface area contributed by atoms with Crippen molar-refractivity contribution in [2.45, 2.75) is 13.8 Å². The standard InChI is InChI=1S/C9H14N2/c1-4-8(10-3)9-6-5-7(2)11-9/h4-6,10-11H,1-3H3/b8-4-. The maximum atomic E-state index is 3.25. The second-order valence-corrected chi connectivity index (χ2v) is 2.51. The molecule has 2 heteroatoms. The van der Waals surface area contributed by atoms with Crippen molar-refractivity contribution in [3.8, 4) is 0 Å². The van der Waals surface area contributed by atoms with Crippen LogP contribution in [-0.2, 0) is 0 Å². The minimum absolute atomic E-state index is 1.14. The van der Waals surface area contributed by atoms with E-state index in [0.29, 0.717) is 0 Å². The molecular formula is C9H14N2. The molecule has 60 valence electrons. The van der Waals surface area contributed by atoms with Gasteiger partial charge in [-0.3, -0.25) is 0 Å². The number of H-pyrrole nitrogens is 1. The molecule has 0 unspecified atom stereocenters. The fourth-order valence-electron chi connectivity index (χ4n) is 1.10. The minimum atomic E-state index is 1.14. The Labute approximate surface area is 67.3 Å². The molecule has 0 fully saturated rings. The molecule has 0 spiro atoms. The predicted octanol–water partition coefficient (Wildman–Crippen LogP) is 1.90. The van der Waals surface area contributed by atoms with Crippen molar-refractivity contribution >= 4 is 5.70 Å². The highest BCUT2D eigenvalue weighted by Gasteiger charge is 1.97. The van der Waals surface area contributed by atoms with E-state index in [1.54, 1.807) is 0 Å². The molecule has 0 amide bonds. The van der Waals surface area contributed by atoms with Crippen LogP contribution < -0.4 is 5.32 Å². The summed E-state index contributed by atoms with van der Waals surface area (Å²) in [4.78, 5) is 3.25. The van der Waals surface area contributed by atoms with Gasteiger partial charge in [-0.25, -0.2) is 0 Å². The second kappa shape index (κ2) is 3.28. The lowest BCUT2D eigenvalue weighted by atomic mass is 10.3. The zero-order valence-electron chi connectivity index (χ0n) is 7.23. The average Bonchev–Trinajstić information content (AvgIpc) is 2.39. The maximum Gasteiger partial charge on any atom is 0.0614 e. The fraction of sp³-hybridized carbons (Fsp3) is 0.333. The molecule has 0 bridgehead atoms. The van der Waals surface area contributed by atoms with Gasteiger partial charge in [-0.2, -0.15) is 0 Å². The third-order valence-electron chi connectivity index (χ3n) is 1.68. The van der Waals surface area contributed by atoms with E-state index in [0.717, 1.165) is 11.4 Å². The van der Waals surface area contributed by atoms with Crippen LogP contribution in [0.1, 0.15) is 18.3 Å². The van der Waals surface area contributed by atoms with Crippen LogP contribution in [0, 0.1) is 6.92 Å². The van der Waals surface area contributed by atoms with Crippen molar-refractivity contribution < 1.29 is 0 Å². The van der Waals surface area contributed by atoms with Gasteiger partial charge in [0.15, 0.2) is 0 Å². The predicted molar refractivity (Wildman–Crippen MR) is 48.2 cm³/mol. The average molecular weight is 150 g/mol. The first kappa shape index (κ1) is 7.92. The number of hydrogen-bond donors (Lipinski definition) is 2. The Morgan fingerprint density at radius 2 is 2.27 bits per heavy atom. The van der Waals surface area contributed by atoms with Crippen LogP contribution >= 0.6 is 0 Å². The molecule has 1 aromatic rings. The second-order valence-electron chi connectivity index (χ2n) is 2.51. The summed E-state index contributed by atoms with van der Waals surface area (Å²) in [6, 6.07) is 4.14. The van der Waals surface area contributed by atoms with Gasteiger partial charge < -0.3 is 10.3 Å². The summed E-state index contributed by atoms with van der Waals surface area (Å²) in [5, 5.41) is 3.11. The van der Waals surface area contributed by atoms with Crippen LogP contribution in [0.2, 0.25) is 0 Å². The zero-order valence-corrected chi connectivity index (χ0v) is 7.23. The van der Waals surface area contributed by atoms with E-state index >= 15 is 0 Å². The number of aryl methyl sites for hydroxylation is 1. The van der Waals surface area contributed by atoms with E-state index in [9.17, 15) is 0 Å². The topological polar surface area (TPSA) is 27.8 Å². The summed E-state index contributed by atoms with van der Waals surface area (Å²) in [5.74, 6) is 0. The summed E-state index contributed by atoms with van der Waals surface area (Å²) in [5.41, 5.74) is 3.47. The summed E-state index contributed by atoms with van der Waals surface area (Å²) in [6.45, 7) is 4.06. The highest BCUT2D eigenvalue weighted by molar-refractivity contribution is 5.60. The smallest absolute Gasteiger partial charge is 0.0614 e. The first-order valence-corrected chi connectivity index (χ1v) is 3.78. The van der Waals surface area contributed by atoms with Gasteiger partial charge in [0, 0.05) is 12.7 Å². The summed E-state index contributed by atoms with van der Waals surface area (Å²) >= 11 is 0. The normalized spacial score (nSPS) is 11.7. The van der Waals surface area contributed by atoms with Crippen molar-refractivity contribution in [3.63, 3.8) is 0 Å². The molecule has 0 saturated heterocycles. The van der Waals surface area contributed by atoms with Gasteiger partial charge in [0.1, 0.15) is 0 Å². The summed E-state index contributed by atoms with van der Waals surface area (Å²) in [6.07, 6.45) is 2.05. The molecule has 2 N–H and O–H groups in total. The van der Waals surface area contributed by atoms with Crippen molar-refractivity contribution in [2.75, 3.05) is 7.05 Å². The van der Waals surface area contributed by atoms with Crippen molar-refractivity contribution in [1.82, 2.24) is 10.3 Å². The van der Waals surface area contributed by atoms with E-state index in [2.05, 4.69) is 22.4 Å². The molecule has 1 aromatic heterocycles. The molecule has 1 rings (SSSR count). The van der Waals surface area contributed by atoms with Gasteiger partial charge in [0.25, 0.3) is 0 Å². The zero-order chi connectivity index (χ0) is 8.27. The third-order valence-corrected chi connectivity index (χ3v) is 1.68. The van der Waals surface area contributed by atoms with Gasteiger partial charge in [0.2, 0.25) is 0 Å². The lowest BCUT2D eigenvalue weighted by Crippen LogP contribution is -2.04. The molecule has 1 heterocycles. The molecule has 0 aromatic carbocycles. The Morgan fingerprint density at radius 1 is 1.55 bits per heavy atom. The Hall–Kier alpha value is -1.18. The molecule has 11 heavy (non-hydrogen) atoms. The Balaban J connectivity index is 2.91. The monoisotopic (exact) mass is 150 g/mol. The highest BCUT2D eigenvalue weighted by atomic mass is 14.9. The minimum Gasteiger partial charge on any atom is -0.387 e. The van der Waals surface area contributed by atoms with Crippen LogP contribution in [0.15, 0.2) is 18.2 Å². The molecule has 0 atom stereocenters. The summed E-state index contributed by atoms with van der Waals surface area (Å²) < 4.78 is 0. The number of aromatic amines is 1. The van der Waals surface area contributed by atoms with E-state index < -0.39 is 0 Å². The largest absolute Gasteiger partial charge is 0.387 e. The number of hydrogen-bond acceptors (Lipinski definition) is 1. The summed E-state index contributed by atoms with van der Waals surface area (Å²) in [7, 11) is 1.92. The first-order chi connectivity index (χ1) is 5.27. The van der Waals surface area contributed by atoms with Gasteiger partial charge in [-0.1, -0.05) is 6.08 Å². The maximum absolute atomic E-state index is 3.25. The number of nitrogens with one attached hydrogen (secondary N) is 2. The molecule has 0 aliphatic carbocycles. The lowest BCUT2D eigenvalue weighted by molar-refractivity contribution is 1.09. The lowest BCUT2D eigenvalue weighted by Gasteiger charge is -2.01. The van der Waals surface area contributed by atoms with Gasteiger partial charge in [-0.05, 0) is 26.0 Å². The van der Waals surface area contributed by atoms with Crippen LogP contribution in [-0.4, -0.2) is 12.0 Å². The van der Waals surface area contributed by atoms with Crippen LogP contribution in [0.25, 0.3) is 5.70 Å². The van der Waals surface area contributed by atoms with E-state index in [1.807, 2.05) is 27.0 Å². The molecular weight excluding hydrogens is 136 g/mol. The highest BCUT2D eigenvalue weighted by Crippen LogP contribution is 2.09.